The number of hydrogen-bond acceptors (Lipinski definition) is 8. The van der Waals surface area contributed by atoms with Crippen LogP contribution in [-0.2, 0) is 38.2 Å². The maximum absolute atomic E-state index is 13.9. The lowest BCUT2D eigenvalue weighted by atomic mass is 9.97. The highest BCUT2D eigenvalue weighted by atomic mass is 16.6. The standard InChI is InChI=1S/C34H60N4O8/c1-17(2)14-23-33(43)45-25(16-19(5)6)29(39)37-27(21(9)10)32(42)38(13)24(15-18(3)4)34(44)46-28(22(11)12)31(41)36-26(20(7)8)30(40)35-23/h17-28H,14-16H2,1-13H3,(H,35,40)(H,36,41)(H,37,39)/t23-,24+,25-,26-,27+,28+/m1/s1. The second-order valence-electron chi connectivity index (χ2n) is 14.9. The maximum Gasteiger partial charge on any atom is 0.329 e. The van der Waals surface area contributed by atoms with Gasteiger partial charge in [0.05, 0.1) is 0 Å². The smallest absolute Gasteiger partial charge is 0.329 e. The van der Waals surface area contributed by atoms with Crippen LogP contribution < -0.4 is 16.0 Å². The zero-order chi connectivity index (χ0) is 35.6. The van der Waals surface area contributed by atoms with Gasteiger partial charge in [-0.15, -0.1) is 0 Å². The van der Waals surface area contributed by atoms with Crippen molar-refractivity contribution in [1.82, 2.24) is 20.9 Å². The van der Waals surface area contributed by atoms with Crippen LogP contribution in [0.25, 0.3) is 0 Å². The molecule has 1 heterocycles. The number of amides is 4. The first-order chi connectivity index (χ1) is 21.2. The minimum Gasteiger partial charge on any atom is -0.451 e. The van der Waals surface area contributed by atoms with Gasteiger partial charge in [-0.2, -0.15) is 0 Å². The molecule has 0 aromatic carbocycles. The van der Waals surface area contributed by atoms with E-state index in [4.69, 9.17) is 9.47 Å². The predicted molar refractivity (Wildman–Crippen MR) is 175 cm³/mol. The Balaban J connectivity index is 3.81. The van der Waals surface area contributed by atoms with Gasteiger partial charge in [-0.3, -0.25) is 19.2 Å². The molecule has 264 valence electrons. The third kappa shape index (κ3) is 12.2. The van der Waals surface area contributed by atoms with Crippen molar-refractivity contribution in [2.45, 2.75) is 139 Å². The molecule has 6 atom stereocenters. The van der Waals surface area contributed by atoms with Gasteiger partial charge in [-0.1, -0.05) is 83.1 Å². The Bertz CT molecular complexity index is 1070. The highest BCUT2D eigenvalue weighted by Crippen LogP contribution is 2.20. The van der Waals surface area contributed by atoms with Crippen molar-refractivity contribution >= 4 is 35.6 Å². The molecule has 1 fully saturated rings. The topological polar surface area (TPSA) is 160 Å². The van der Waals surface area contributed by atoms with Gasteiger partial charge in [0.25, 0.3) is 11.8 Å². The van der Waals surface area contributed by atoms with E-state index >= 15 is 0 Å². The van der Waals surface area contributed by atoms with Crippen molar-refractivity contribution in [2.75, 3.05) is 7.05 Å². The molecule has 3 N–H and O–H groups in total. The number of ether oxygens (including phenoxy) is 2. The van der Waals surface area contributed by atoms with E-state index in [0.29, 0.717) is 0 Å². The third-order valence-electron chi connectivity index (χ3n) is 7.91. The van der Waals surface area contributed by atoms with Gasteiger partial charge < -0.3 is 30.3 Å². The SMILES string of the molecule is CC(C)C[C@H]1NC(=O)[C@@H](C(C)C)NC(=O)[C@H](C(C)C)OC(=O)[C@H](CC(C)C)N(C)C(=O)[C@H](C(C)C)NC(=O)[C@@H](CC(C)C)OC1=O. The first-order valence-electron chi connectivity index (χ1n) is 16.8. The van der Waals surface area contributed by atoms with Crippen LogP contribution in [0.2, 0.25) is 0 Å². The Morgan fingerprint density at radius 1 is 0.565 bits per heavy atom. The van der Waals surface area contributed by atoms with E-state index in [9.17, 15) is 28.8 Å². The normalized spacial score (nSPS) is 26.7. The molecule has 0 saturated carbocycles. The van der Waals surface area contributed by atoms with Crippen molar-refractivity contribution < 1.29 is 38.2 Å². The molecule has 0 aromatic rings. The zero-order valence-corrected chi connectivity index (χ0v) is 30.3. The van der Waals surface area contributed by atoms with Gasteiger partial charge in [0.2, 0.25) is 11.8 Å². The van der Waals surface area contributed by atoms with Gasteiger partial charge in [-0.05, 0) is 54.8 Å². The van der Waals surface area contributed by atoms with E-state index < -0.39 is 83.8 Å². The Morgan fingerprint density at radius 3 is 1.52 bits per heavy atom. The fourth-order valence-electron chi connectivity index (χ4n) is 5.26. The van der Waals surface area contributed by atoms with Gasteiger partial charge in [0.1, 0.15) is 24.2 Å². The molecular weight excluding hydrogens is 592 g/mol. The van der Waals surface area contributed by atoms with E-state index in [1.165, 1.54) is 11.9 Å². The van der Waals surface area contributed by atoms with Crippen molar-refractivity contribution in [2.24, 2.45) is 35.5 Å². The van der Waals surface area contributed by atoms with Crippen molar-refractivity contribution in [3.8, 4) is 0 Å². The van der Waals surface area contributed by atoms with E-state index in [2.05, 4.69) is 16.0 Å². The molecule has 12 nitrogen and oxygen atoms in total. The third-order valence-corrected chi connectivity index (χ3v) is 7.91. The van der Waals surface area contributed by atoms with Crippen LogP contribution in [0, 0.1) is 35.5 Å². The summed E-state index contributed by atoms with van der Waals surface area (Å²) in [5, 5.41) is 8.24. The lowest BCUT2D eigenvalue weighted by Crippen LogP contribution is -2.59. The molecule has 1 aliphatic rings. The van der Waals surface area contributed by atoms with Gasteiger partial charge in [0.15, 0.2) is 12.2 Å². The molecule has 12 heteroatoms. The summed E-state index contributed by atoms with van der Waals surface area (Å²) in [6.07, 6.45) is -1.85. The number of likely N-dealkylation sites (N-methyl/N-ethyl adjacent to an activating group) is 1. The number of esters is 2. The Hall–Kier alpha value is -3.18. The molecule has 1 aliphatic heterocycles. The van der Waals surface area contributed by atoms with E-state index in [1.807, 2.05) is 41.5 Å². The second-order valence-corrected chi connectivity index (χ2v) is 14.9. The van der Waals surface area contributed by atoms with Crippen LogP contribution in [-0.4, -0.2) is 83.9 Å². The molecular formula is C34H60N4O8. The summed E-state index contributed by atoms with van der Waals surface area (Å²) < 4.78 is 11.6. The molecule has 0 bridgehead atoms. The number of nitrogens with one attached hydrogen (secondary N) is 3. The largest absolute Gasteiger partial charge is 0.451 e. The molecule has 4 amide bonds. The minimum atomic E-state index is -1.26. The average molecular weight is 653 g/mol. The van der Waals surface area contributed by atoms with Gasteiger partial charge >= 0.3 is 11.9 Å². The van der Waals surface area contributed by atoms with Crippen LogP contribution in [0.5, 0.6) is 0 Å². The highest BCUT2D eigenvalue weighted by Gasteiger charge is 2.40. The van der Waals surface area contributed by atoms with Crippen LogP contribution in [0.3, 0.4) is 0 Å². The summed E-state index contributed by atoms with van der Waals surface area (Å²) in [4.78, 5) is 83.4. The molecule has 0 unspecified atom stereocenters. The predicted octanol–water partition coefficient (Wildman–Crippen LogP) is 3.21. The molecule has 46 heavy (non-hydrogen) atoms. The van der Waals surface area contributed by atoms with Crippen LogP contribution in [0.1, 0.15) is 102 Å². The van der Waals surface area contributed by atoms with Crippen LogP contribution in [0.15, 0.2) is 0 Å². The van der Waals surface area contributed by atoms with Crippen molar-refractivity contribution in [3.05, 3.63) is 0 Å². The first kappa shape index (κ1) is 40.8. The Morgan fingerprint density at radius 2 is 1.07 bits per heavy atom. The molecule has 0 spiro atoms. The number of carbonyl (C=O) groups is 6. The van der Waals surface area contributed by atoms with Crippen LogP contribution >= 0.6 is 0 Å². The van der Waals surface area contributed by atoms with E-state index in [-0.39, 0.29) is 42.9 Å². The summed E-state index contributed by atoms with van der Waals surface area (Å²) in [7, 11) is 1.47. The summed E-state index contributed by atoms with van der Waals surface area (Å²) in [5.41, 5.74) is 0. The number of rotatable bonds is 9. The number of carbonyl (C=O) groups excluding carboxylic acids is 6. The minimum absolute atomic E-state index is 0.0216. The first-order valence-corrected chi connectivity index (χ1v) is 16.8. The quantitative estimate of drug-likeness (QED) is 0.320. The monoisotopic (exact) mass is 652 g/mol. The lowest BCUT2D eigenvalue weighted by molar-refractivity contribution is -0.167. The molecule has 0 aliphatic carbocycles. The lowest BCUT2D eigenvalue weighted by Gasteiger charge is -2.35. The fraction of sp³-hybridized carbons (Fsp3) is 0.824. The van der Waals surface area contributed by atoms with Crippen LogP contribution in [0.4, 0.5) is 0 Å². The Kier molecular flexibility index (Phi) is 16.2. The fourth-order valence-corrected chi connectivity index (χ4v) is 5.26. The second kappa shape index (κ2) is 18.2. The Labute approximate surface area is 275 Å². The zero-order valence-electron chi connectivity index (χ0n) is 30.3. The molecule has 0 aromatic heterocycles. The van der Waals surface area contributed by atoms with Gasteiger partial charge in [0, 0.05) is 7.05 Å². The number of cyclic esters (lactones) is 2. The average Bonchev–Trinajstić information content (AvgIpc) is 2.92. The van der Waals surface area contributed by atoms with Crippen molar-refractivity contribution in [1.29, 1.82) is 0 Å². The molecule has 1 saturated heterocycles. The summed E-state index contributed by atoms with van der Waals surface area (Å²) in [5.74, 6) is -5.30. The summed E-state index contributed by atoms with van der Waals surface area (Å²) in [6.45, 7) is 21.8. The highest BCUT2D eigenvalue weighted by molar-refractivity contribution is 5.95. The van der Waals surface area contributed by atoms with Crippen molar-refractivity contribution in [3.63, 3.8) is 0 Å². The van der Waals surface area contributed by atoms with Gasteiger partial charge in [-0.25, -0.2) is 9.59 Å². The molecule has 1 rings (SSSR count). The summed E-state index contributed by atoms with van der Waals surface area (Å²) >= 11 is 0. The van der Waals surface area contributed by atoms with E-state index in [0.717, 1.165) is 0 Å². The van der Waals surface area contributed by atoms with E-state index in [1.54, 1.807) is 41.5 Å². The number of hydrogen-bond donors (Lipinski definition) is 3. The maximum atomic E-state index is 13.9. The summed E-state index contributed by atoms with van der Waals surface area (Å²) in [6, 6.07) is -4.26. The molecule has 0 radical (unpaired) electrons. The number of nitrogens with zero attached hydrogens (tertiary/aromatic N) is 1.